The molecule has 124 valence electrons. The molecule has 0 atom stereocenters. The summed E-state index contributed by atoms with van der Waals surface area (Å²) in [6.07, 6.45) is 0. The van der Waals surface area contributed by atoms with Crippen LogP contribution in [-0.2, 0) is 14.8 Å². The zero-order chi connectivity index (χ0) is 17.0. The minimum atomic E-state index is -3.64. The highest BCUT2D eigenvalue weighted by molar-refractivity contribution is 7.94. The van der Waals surface area contributed by atoms with E-state index in [2.05, 4.69) is 0 Å². The van der Waals surface area contributed by atoms with Gasteiger partial charge in [-0.15, -0.1) is 11.3 Å². The van der Waals surface area contributed by atoms with Gasteiger partial charge in [0.25, 0.3) is 10.0 Å². The Labute approximate surface area is 140 Å². The molecule has 2 rings (SSSR count). The molecule has 0 bridgehead atoms. The second-order valence-corrected chi connectivity index (χ2v) is 7.81. The van der Waals surface area contributed by atoms with Crippen molar-refractivity contribution in [3.8, 4) is 0 Å². The number of ether oxygens (including phenoxy) is 1. The Morgan fingerprint density at radius 3 is 2.52 bits per heavy atom. The summed E-state index contributed by atoms with van der Waals surface area (Å²) in [5, 5.41) is 1.72. The normalized spacial score (nSPS) is 11.3. The van der Waals surface area contributed by atoms with Crippen molar-refractivity contribution in [2.45, 2.75) is 25.0 Å². The Morgan fingerprint density at radius 1 is 1.22 bits per heavy atom. The Hall–Kier alpha value is -1.86. The SMILES string of the molecule is CCOC(=O)c1cccc(N(CC)S(=O)(=O)c2cccs2)c1C. The van der Waals surface area contributed by atoms with Crippen LogP contribution in [0.1, 0.15) is 29.8 Å². The molecular formula is C16H19NO4S2. The molecule has 0 aliphatic carbocycles. The fourth-order valence-corrected chi connectivity index (χ4v) is 4.95. The van der Waals surface area contributed by atoms with E-state index in [-0.39, 0.29) is 17.4 Å². The van der Waals surface area contributed by atoms with E-state index in [1.54, 1.807) is 56.5 Å². The van der Waals surface area contributed by atoms with Crippen LogP contribution in [0.25, 0.3) is 0 Å². The Morgan fingerprint density at radius 2 is 1.96 bits per heavy atom. The van der Waals surface area contributed by atoms with E-state index in [0.717, 1.165) is 0 Å². The van der Waals surface area contributed by atoms with E-state index in [1.165, 1.54) is 15.6 Å². The molecule has 0 amide bonds. The Kier molecular flexibility index (Phi) is 5.43. The molecule has 23 heavy (non-hydrogen) atoms. The second kappa shape index (κ2) is 7.14. The van der Waals surface area contributed by atoms with E-state index in [1.807, 2.05) is 0 Å². The van der Waals surface area contributed by atoms with Crippen LogP contribution < -0.4 is 4.31 Å². The fourth-order valence-electron chi connectivity index (χ4n) is 2.31. The van der Waals surface area contributed by atoms with Crippen LogP contribution in [0.15, 0.2) is 39.9 Å². The number of hydrogen-bond acceptors (Lipinski definition) is 5. The molecule has 1 aromatic carbocycles. The maximum Gasteiger partial charge on any atom is 0.338 e. The highest BCUT2D eigenvalue weighted by Gasteiger charge is 2.27. The van der Waals surface area contributed by atoms with Crippen molar-refractivity contribution in [3.05, 3.63) is 46.8 Å². The smallest absolute Gasteiger partial charge is 0.338 e. The van der Waals surface area contributed by atoms with Crippen molar-refractivity contribution < 1.29 is 17.9 Å². The third-order valence-electron chi connectivity index (χ3n) is 3.40. The molecule has 1 heterocycles. The van der Waals surface area contributed by atoms with Crippen molar-refractivity contribution in [1.82, 2.24) is 0 Å². The van der Waals surface area contributed by atoms with Crippen LogP contribution in [0.3, 0.4) is 0 Å². The maximum absolute atomic E-state index is 12.8. The van der Waals surface area contributed by atoms with Gasteiger partial charge in [0.1, 0.15) is 4.21 Å². The van der Waals surface area contributed by atoms with Crippen LogP contribution >= 0.6 is 11.3 Å². The Bertz CT molecular complexity index is 782. The number of esters is 1. The highest BCUT2D eigenvalue weighted by Crippen LogP contribution is 2.30. The van der Waals surface area contributed by atoms with Crippen molar-refractivity contribution in [1.29, 1.82) is 0 Å². The third kappa shape index (κ3) is 3.40. The van der Waals surface area contributed by atoms with E-state index in [0.29, 0.717) is 16.8 Å². The zero-order valence-corrected chi connectivity index (χ0v) is 14.9. The summed E-state index contributed by atoms with van der Waals surface area (Å²) in [5.74, 6) is -0.448. The lowest BCUT2D eigenvalue weighted by Crippen LogP contribution is -2.31. The first-order chi connectivity index (χ1) is 10.9. The summed E-state index contributed by atoms with van der Waals surface area (Å²) < 4.78 is 32.2. The van der Waals surface area contributed by atoms with Gasteiger partial charge in [-0.1, -0.05) is 12.1 Å². The summed E-state index contributed by atoms with van der Waals surface area (Å²) in [6.45, 7) is 5.77. The quantitative estimate of drug-likeness (QED) is 0.746. The Balaban J connectivity index is 2.51. The van der Waals surface area contributed by atoms with Gasteiger partial charge in [-0.05, 0) is 49.9 Å². The van der Waals surface area contributed by atoms with Crippen molar-refractivity contribution >= 4 is 33.0 Å². The molecule has 5 nitrogen and oxygen atoms in total. The molecule has 0 aliphatic heterocycles. The van der Waals surface area contributed by atoms with Crippen LogP contribution in [0.4, 0.5) is 5.69 Å². The summed E-state index contributed by atoms with van der Waals surface area (Å²) in [6, 6.07) is 8.29. The number of thiophene rings is 1. The number of rotatable bonds is 6. The maximum atomic E-state index is 12.8. The number of benzene rings is 1. The number of nitrogens with zero attached hydrogens (tertiary/aromatic N) is 1. The first kappa shape index (κ1) is 17.5. The minimum absolute atomic E-state index is 0.271. The molecule has 0 fully saturated rings. The van der Waals surface area contributed by atoms with Gasteiger partial charge in [-0.3, -0.25) is 4.31 Å². The molecule has 0 N–H and O–H groups in total. The summed E-state index contributed by atoms with van der Waals surface area (Å²) >= 11 is 1.17. The van der Waals surface area contributed by atoms with Crippen LogP contribution in [0, 0.1) is 6.92 Å². The largest absolute Gasteiger partial charge is 0.462 e. The van der Waals surface area contributed by atoms with Gasteiger partial charge in [-0.25, -0.2) is 13.2 Å². The zero-order valence-electron chi connectivity index (χ0n) is 13.3. The lowest BCUT2D eigenvalue weighted by Gasteiger charge is -2.24. The van der Waals surface area contributed by atoms with Gasteiger partial charge in [0.15, 0.2) is 0 Å². The van der Waals surface area contributed by atoms with Crippen LogP contribution in [0.5, 0.6) is 0 Å². The number of sulfonamides is 1. The topological polar surface area (TPSA) is 63.7 Å². The van der Waals surface area contributed by atoms with Crippen molar-refractivity contribution in [2.75, 3.05) is 17.5 Å². The average Bonchev–Trinajstić information content (AvgIpc) is 3.05. The molecular weight excluding hydrogens is 334 g/mol. The summed E-state index contributed by atoms with van der Waals surface area (Å²) in [4.78, 5) is 12.0. The molecule has 7 heteroatoms. The van der Waals surface area contributed by atoms with Gasteiger partial charge in [0.05, 0.1) is 17.9 Å². The molecule has 0 radical (unpaired) electrons. The van der Waals surface area contributed by atoms with E-state index in [9.17, 15) is 13.2 Å². The first-order valence-electron chi connectivity index (χ1n) is 7.26. The summed E-state index contributed by atoms with van der Waals surface area (Å²) in [5.41, 5.74) is 1.46. The second-order valence-electron chi connectivity index (χ2n) is 4.77. The van der Waals surface area contributed by atoms with E-state index < -0.39 is 16.0 Å². The first-order valence-corrected chi connectivity index (χ1v) is 9.58. The van der Waals surface area contributed by atoms with E-state index >= 15 is 0 Å². The number of anilines is 1. The van der Waals surface area contributed by atoms with E-state index in [4.69, 9.17) is 4.74 Å². The molecule has 0 spiro atoms. The predicted molar refractivity (Wildman–Crippen MR) is 91.7 cm³/mol. The number of hydrogen-bond donors (Lipinski definition) is 0. The van der Waals surface area contributed by atoms with Gasteiger partial charge in [-0.2, -0.15) is 0 Å². The third-order valence-corrected chi connectivity index (χ3v) is 6.66. The standard InChI is InChI=1S/C16H19NO4S2/c1-4-17(23(19,20)15-10-7-11-22-15)14-9-6-8-13(12(14)3)16(18)21-5-2/h6-11H,4-5H2,1-3H3. The molecule has 0 saturated heterocycles. The van der Waals surface area contributed by atoms with Crippen molar-refractivity contribution in [3.63, 3.8) is 0 Å². The number of carbonyl (C=O) groups is 1. The molecule has 2 aromatic rings. The van der Waals surface area contributed by atoms with Crippen molar-refractivity contribution in [2.24, 2.45) is 0 Å². The van der Waals surface area contributed by atoms with Gasteiger partial charge < -0.3 is 4.74 Å². The molecule has 0 aliphatic rings. The molecule has 0 unspecified atom stereocenters. The van der Waals surface area contributed by atoms with Crippen LogP contribution in [0.2, 0.25) is 0 Å². The van der Waals surface area contributed by atoms with Gasteiger partial charge in [0, 0.05) is 6.54 Å². The fraction of sp³-hybridized carbons (Fsp3) is 0.312. The monoisotopic (exact) mass is 353 g/mol. The van der Waals surface area contributed by atoms with Gasteiger partial charge in [0.2, 0.25) is 0 Å². The predicted octanol–water partition coefficient (Wildman–Crippen LogP) is 3.45. The number of carbonyl (C=O) groups excluding carboxylic acids is 1. The lowest BCUT2D eigenvalue weighted by atomic mass is 10.1. The van der Waals surface area contributed by atoms with Gasteiger partial charge >= 0.3 is 5.97 Å². The average molecular weight is 353 g/mol. The summed E-state index contributed by atoms with van der Waals surface area (Å²) in [7, 11) is -3.64. The highest BCUT2D eigenvalue weighted by atomic mass is 32.2. The molecule has 1 aromatic heterocycles. The molecule has 0 saturated carbocycles. The lowest BCUT2D eigenvalue weighted by molar-refractivity contribution is 0.0525. The van der Waals surface area contributed by atoms with Crippen LogP contribution in [-0.4, -0.2) is 27.5 Å². The minimum Gasteiger partial charge on any atom is -0.462 e.